The molecular weight excluding hydrogens is 495 g/mol. The molecule has 2 fully saturated rings. The lowest BCUT2D eigenvalue weighted by molar-refractivity contribution is -0.121. The van der Waals surface area contributed by atoms with Crippen molar-refractivity contribution in [1.29, 1.82) is 0 Å². The number of hydrogen-bond donors (Lipinski definition) is 2. The van der Waals surface area contributed by atoms with Gasteiger partial charge in [-0.1, -0.05) is 6.07 Å². The molecule has 3 rings (SSSR count). The fourth-order valence-electron chi connectivity index (χ4n) is 3.96. The van der Waals surface area contributed by atoms with Crippen LogP contribution in [0, 0.1) is 5.92 Å². The molecule has 2 aliphatic rings. The van der Waals surface area contributed by atoms with E-state index in [2.05, 4.69) is 49.5 Å². The Bertz CT molecular complexity index is 691. The monoisotopic (exact) mass is 530 g/mol. The number of aromatic nitrogens is 1. The first-order chi connectivity index (χ1) is 14.1. The van der Waals surface area contributed by atoms with Crippen LogP contribution in [0.5, 0.6) is 0 Å². The van der Waals surface area contributed by atoms with Crippen LogP contribution in [0.15, 0.2) is 23.3 Å². The molecule has 168 valence electrons. The summed E-state index contributed by atoms with van der Waals surface area (Å²) < 4.78 is 5.60. The minimum atomic E-state index is 0. The third kappa shape index (κ3) is 6.97. The van der Waals surface area contributed by atoms with Crippen LogP contribution in [-0.2, 0) is 16.1 Å². The molecule has 0 aliphatic carbocycles. The third-order valence-corrected chi connectivity index (χ3v) is 5.70. The molecule has 1 aromatic rings. The Kier molecular flexibility index (Phi) is 10.1. The molecule has 0 bridgehead atoms. The Morgan fingerprint density at radius 2 is 2.07 bits per heavy atom. The van der Waals surface area contributed by atoms with Crippen LogP contribution in [0.3, 0.4) is 0 Å². The van der Waals surface area contributed by atoms with Crippen molar-refractivity contribution in [1.82, 2.24) is 20.5 Å². The molecule has 1 amide bonds. The largest absolute Gasteiger partial charge is 0.375 e. The number of nitrogens with one attached hydrogen (secondary N) is 2. The van der Waals surface area contributed by atoms with Gasteiger partial charge in [0.2, 0.25) is 5.91 Å². The van der Waals surface area contributed by atoms with Gasteiger partial charge < -0.3 is 25.2 Å². The van der Waals surface area contributed by atoms with E-state index in [1.807, 2.05) is 13.2 Å². The second kappa shape index (κ2) is 12.3. The number of piperidine rings is 1. The molecule has 30 heavy (non-hydrogen) atoms. The zero-order valence-corrected chi connectivity index (χ0v) is 20.6. The molecule has 3 heterocycles. The maximum absolute atomic E-state index is 11.6. The van der Waals surface area contributed by atoms with Crippen LogP contribution in [0.2, 0.25) is 0 Å². The molecule has 2 N–H and O–H groups in total. The van der Waals surface area contributed by atoms with E-state index in [1.165, 1.54) is 0 Å². The van der Waals surface area contributed by atoms with E-state index < -0.39 is 0 Å². The van der Waals surface area contributed by atoms with E-state index >= 15 is 0 Å². The standard InChI is InChI=1S/C21H34N6O2.HI/c1-16-15-27(10-11-29-16)19-5-4-18(13-24-19)14-25-21(23-3)26-8-6-17(7-9-26)12-20(28)22-2;/h4-5,13,16-17H,6-12,14-15H2,1-3H3,(H,22,28)(H,23,25);1H. The highest BCUT2D eigenvalue weighted by Crippen LogP contribution is 2.20. The van der Waals surface area contributed by atoms with Crippen molar-refractivity contribution in [2.75, 3.05) is 51.8 Å². The van der Waals surface area contributed by atoms with Crippen molar-refractivity contribution < 1.29 is 9.53 Å². The average Bonchev–Trinajstić information content (AvgIpc) is 2.75. The van der Waals surface area contributed by atoms with Gasteiger partial charge in [0.25, 0.3) is 0 Å². The predicted molar refractivity (Wildman–Crippen MR) is 130 cm³/mol. The molecule has 1 aromatic heterocycles. The lowest BCUT2D eigenvalue weighted by Gasteiger charge is -2.34. The highest BCUT2D eigenvalue weighted by Gasteiger charge is 2.23. The minimum absolute atomic E-state index is 0. The van der Waals surface area contributed by atoms with Gasteiger partial charge in [-0.15, -0.1) is 24.0 Å². The van der Waals surface area contributed by atoms with Crippen LogP contribution >= 0.6 is 24.0 Å². The minimum Gasteiger partial charge on any atom is -0.375 e. The molecule has 9 heteroatoms. The highest BCUT2D eigenvalue weighted by atomic mass is 127. The van der Waals surface area contributed by atoms with Gasteiger partial charge in [0.1, 0.15) is 5.82 Å². The summed E-state index contributed by atoms with van der Waals surface area (Å²) in [6.07, 6.45) is 4.84. The molecule has 0 saturated carbocycles. The number of guanidine groups is 1. The normalized spacial score (nSPS) is 20.5. The molecule has 1 atom stereocenters. The second-order valence-electron chi connectivity index (χ2n) is 7.86. The number of anilines is 1. The number of pyridine rings is 1. The van der Waals surface area contributed by atoms with Crippen LogP contribution in [-0.4, -0.2) is 74.7 Å². The number of likely N-dealkylation sites (tertiary alicyclic amines) is 1. The van der Waals surface area contributed by atoms with Crippen molar-refractivity contribution in [3.8, 4) is 0 Å². The van der Waals surface area contributed by atoms with Crippen molar-refractivity contribution in [2.45, 2.75) is 38.8 Å². The number of carbonyl (C=O) groups is 1. The second-order valence-corrected chi connectivity index (χ2v) is 7.86. The number of halogens is 1. The van der Waals surface area contributed by atoms with E-state index in [0.717, 1.165) is 63.0 Å². The number of morpholine rings is 1. The topological polar surface area (TPSA) is 82.1 Å². The van der Waals surface area contributed by atoms with E-state index in [1.54, 1.807) is 7.05 Å². The van der Waals surface area contributed by atoms with Crippen molar-refractivity contribution in [3.63, 3.8) is 0 Å². The average molecular weight is 530 g/mol. The van der Waals surface area contributed by atoms with Crippen LogP contribution in [0.25, 0.3) is 0 Å². The number of amides is 1. The number of hydrogen-bond acceptors (Lipinski definition) is 5. The summed E-state index contributed by atoms with van der Waals surface area (Å²) in [5.41, 5.74) is 1.13. The van der Waals surface area contributed by atoms with Gasteiger partial charge in [-0.3, -0.25) is 9.79 Å². The lowest BCUT2D eigenvalue weighted by Crippen LogP contribution is -2.45. The number of ether oxygens (including phenoxy) is 1. The quantitative estimate of drug-likeness (QED) is 0.344. The van der Waals surface area contributed by atoms with Gasteiger partial charge in [-0.05, 0) is 37.3 Å². The molecular formula is C21H35IN6O2. The molecule has 2 aliphatic heterocycles. The fourth-order valence-corrected chi connectivity index (χ4v) is 3.96. The third-order valence-electron chi connectivity index (χ3n) is 5.70. The number of nitrogens with zero attached hydrogens (tertiary/aromatic N) is 4. The van der Waals surface area contributed by atoms with Gasteiger partial charge in [0, 0.05) is 59.4 Å². The summed E-state index contributed by atoms with van der Waals surface area (Å²) in [7, 11) is 3.52. The Morgan fingerprint density at radius 3 is 2.67 bits per heavy atom. The van der Waals surface area contributed by atoms with Crippen LogP contribution in [0.4, 0.5) is 5.82 Å². The van der Waals surface area contributed by atoms with Crippen LogP contribution < -0.4 is 15.5 Å². The highest BCUT2D eigenvalue weighted by molar-refractivity contribution is 14.0. The number of rotatable bonds is 5. The zero-order valence-electron chi connectivity index (χ0n) is 18.3. The van der Waals surface area contributed by atoms with Gasteiger partial charge in [-0.25, -0.2) is 4.98 Å². The number of carbonyl (C=O) groups excluding carboxylic acids is 1. The molecule has 0 aromatic carbocycles. The van der Waals surface area contributed by atoms with E-state index in [-0.39, 0.29) is 36.0 Å². The van der Waals surface area contributed by atoms with E-state index in [0.29, 0.717) is 18.9 Å². The molecule has 0 spiro atoms. The van der Waals surface area contributed by atoms with E-state index in [9.17, 15) is 4.79 Å². The first-order valence-corrected chi connectivity index (χ1v) is 10.6. The predicted octanol–water partition coefficient (Wildman–Crippen LogP) is 1.85. The Morgan fingerprint density at radius 1 is 1.30 bits per heavy atom. The summed E-state index contributed by atoms with van der Waals surface area (Å²) in [6.45, 7) is 7.16. The van der Waals surface area contributed by atoms with Crippen molar-refractivity contribution in [3.05, 3.63) is 23.9 Å². The zero-order chi connectivity index (χ0) is 20.6. The van der Waals surface area contributed by atoms with Crippen molar-refractivity contribution in [2.24, 2.45) is 10.9 Å². The smallest absolute Gasteiger partial charge is 0.220 e. The summed E-state index contributed by atoms with van der Waals surface area (Å²) in [6, 6.07) is 4.21. The number of aliphatic imine (C=N–C) groups is 1. The Labute approximate surface area is 196 Å². The Balaban J connectivity index is 0.00000320. The summed E-state index contributed by atoms with van der Waals surface area (Å²) >= 11 is 0. The summed E-state index contributed by atoms with van der Waals surface area (Å²) in [4.78, 5) is 25.2. The van der Waals surface area contributed by atoms with Gasteiger partial charge >= 0.3 is 0 Å². The molecule has 0 radical (unpaired) electrons. The van der Waals surface area contributed by atoms with Gasteiger partial charge in [0.05, 0.1) is 12.7 Å². The fraction of sp³-hybridized carbons (Fsp3) is 0.667. The Hall–Kier alpha value is -1.62. The van der Waals surface area contributed by atoms with Gasteiger partial charge in [-0.2, -0.15) is 0 Å². The first kappa shape index (κ1) is 24.6. The van der Waals surface area contributed by atoms with Crippen LogP contribution in [0.1, 0.15) is 31.7 Å². The molecule has 2 saturated heterocycles. The van der Waals surface area contributed by atoms with Crippen molar-refractivity contribution >= 4 is 41.7 Å². The maximum Gasteiger partial charge on any atom is 0.220 e. The molecule has 1 unspecified atom stereocenters. The van der Waals surface area contributed by atoms with E-state index in [4.69, 9.17) is 4.74 Å². The first-order valence-electron chi connectivity index (χ1n) is 10.6. The maximum atomic E-state index is 11.6. The molecule has 8 nitrogen and oxygen atoms in total. The lowest BCUT2D eigenvalue weighted by atomic mass is 9.93. The SMILES string of the molecule is CN=C(NCc1ccc(N2CCOC(C)C2)nc1)N1CCC(CC(=O)NC)CC1.I. The summed E-state index contributed by atoms with van der Waals surface area (Å²) in [5, 5.41) is 6.17. The summed E-state index contributed by atoms with van der Waals surface area (Å²) in [5.74, 6) is 2.51. The van der Waals surface area contributed by atoms with Gasteiger partial charge in [0.15, 0.2) is 5.96 Å².